The summed E-state index contributed by atoms with van der Waals surface area (Å²) in [5.41, 5.74) is 4.19. The van der Waals surface area contributed by atoms with Gasteiger partial charge in [0.15, 0.2) is 11.0 Å². The fourth-order valence-electron chi connectivity index (χ4n) is 2.36. The molecule has 0 atom stereocenters. The van der Waals surface area contributed by atoms with Gasteiger partial charge in [-0.3, -0.25) is 10.2 Å². The number of aryl methyl sites for hydroxylation is 1. The Bertz CT molecular complexity index is 550. The summed E-state index contributed by atoms with van der Waals surface area (Å²) < 4.78 is 0. The number of hydrogen-bond donors (Lipinski definition) is 1. The molecule has 0 fully saturated rings. The van der Waals surface area contributed by atoms with Gasteiger partial charge in [0, 0.05) is 11.4 Å². The summed E-state index contributed by atoms with van der Waals surface area (Å²) in [6.07, 6.45) is 8.53. The summed E-state index contributed by atoms with van der Waals surface area (Å²) >= 11 is 18.0. The third kappa shape index (κ3) is 7.87. The number of halogens is 3. The third-order valence-corrected chi connectivity index (χ3v) is 4.57. The topological polar surface area (TPSA) is 41.5 Å². The van der Waals surface area contributed by atoms with Crippen molar-refractivity contribution in [2.45, 2.75) is 65.2 Å². The molecule has 0 amide bonds. The molecule has 0 unspecified atom stereocenters. The zero-order valence-electron chi connectivity index (χ0n) is 14.3. The van der Waals surface area contributed by atoms with Crippen LogP contribution in [0.1, 0.15) is 63.9 Å². The van der Waals surface area contributed by atoms with Crippen LogP contribution in [0.15, 0.2) is 17.2 Å². The monoisotopic (exact) mass is 390 g/mol. The molecular formula is C18H25Cl3N2O. The van der Waals surface area contributed by atoms with Crippen molar-refractivity contribution < 1.29 is 4.79 Å². The van der Waals surface area contributed by atoms with Crippen LogP contribution in [0.25, 0.3) is 0 Å². The normalized spacial score (nSPS) is 11.6. The molecule has 134 valence electrons. The van der Waals surface area contributed by atoms with Crippen LogP contribution in [-0.4, -0.2) is 11.0 Å². The first kappa shape index (κ1) is 21.3. The molecule has 24 heavy (non-hydrogen) atoms. The Morgan fingerprint density at radius 2 is 1.71 bits per heavy atom. The summed E-state index contributed by atoms with van der Waals surface area (Å²) in [4.78, 5) is 12.0. The average Bonchev–Trinajstić information content (AvgIpc) is 2.52. The second kappa shape index (κ2) is 11.7. The first-order valence-corrected chi connectivity index (χ1v) is 9.57. The first-order chi connectivity index (χ1) is 11.5. The molecule has 1 rings (SSSR count). The zero-order chi connectivity index (χ0) is 17.9. The molecule has 0 heterocycles. The van der Waals surface area contributed by atoms with Gasteiger partial charge < -0.3 is 0 Å². The number of unbranched alkanes of at least 4 members (excludes halogenated alkanes) is 6. The van der Waals surface area contributed by atoms with E-state index in [1.807, 2.05) is 6.92 Å². The van der Waals surface area contributed by atoms with E-state index in [9.17, 15) is 4.79 Å². The SMILES string of the molecule is CCCCCCCCCC(=O)C(Cl)=NNc1c(C)cc(Cl)cc1Cl. The summed E-state index contributed by atoms with van der Waals surface area (Å²) in [6, 6.07) is 3.38. The van der Waals surface area contributed by atoms with Gasteiger partial charge in [-0.2, -0.15) is 5.10 Å². The van der Waals surface area contributed by atoms with E-state index in [-0.39, 0.29) is 11.0 Å². The highest BCUT2D eigenvalue weighted by Crippen LogP contribution is 2.29. The molecule has 0 saturated heterocycles. The van der Waals surface area contributed by atoms with E-state index in [0.29, 0.717) is 22.2 Å². The first-order valence-electron chi connectivity index (χ1n) is 8.43. The fraction of sp³-hybridized carbons (Fsp3) is 0.556. The Balaban J connectivity index is 2.39. The Hall–Kier alpha value is -0.770. The van der Waals surface area contributed by atoms with Crippen molar-refractivity contribution in [1.82, 2.24) is 0 Å². The molecule has 0 aliphatic rings. The quantitative estimate of drug-likeness (QED) is 0.251. The van der Waals surface area contributed by atoms with E-state index >= 15 is 0 Å². The molecule has 0 aliphatic carbocycles. The van der Waals surface area contributed by atoms with E-state index in [0.717, 1.165) is 18.4 Å². The average molecular weight is 392 g/mol. The number of hydrazone groups is 1. The van der Waals surface area contributed by atoms with Gasteiger partial charge in [-0.25, -0.2) is 0 Å². The number of nitrogens with zero attached hydrogens (tertiary/aromatic N) is 1. The lowest BCUT2D eigenvalue weighted by atomic mass is 10.1. The Morgan fingerprint density at radius 3 is 2.33 bits per heavy atom. The molecule has 1 N–H and O–H groups in total. The molecule has 6 heteroatoms. The number of hydrogen-bond acceptors (Lipinski definition) is 3. The number of anilines is 1. The van der Waals surface area contributed by atoms with Crippen LogP contribution in [-0.2, 0) is 4.79 Å². The van der Waals surface area contributed by atoms with Gasteiger partial charge >= 0.3 is 0 Å². The van der Waals surface area contributed by atoms with Crippen molar-refractivity contribution in [3.63, 3.8) is 0 Å². The second-order valence-electron chi connectivity index (χ2n) is 5.89. The standard InChI is InChI=1S/C18H25Cl3N2O/c1-3-4-5-6-7-8-9-10-16(24)18(21)23-22-17-13(2)11-14(19)12-15(17)20/h11-12,22H,3-10H2,1-2H3. The van der Waals surface area contributed by atoms with E-state index in [4.69, 9.17) is 34.8 Å². The molecule has 0 saturated carbocycles. The van der Waals surface area contributed by atoms with E-state index < -0.39 is 0 Å². The highest BCUT2D eigenvalue weighted by molar-refractivity contribution is 6.83. The van der Waals surface area contributed by atoms with Crippen LogP contribution < -0.4 is 5.43 Å². The summed E-state index contributed by atoms with van der Waals surface area (Å²) in [6.45, 7) is 4.05. The van der Waals surface area contributed by atoms with Crippen molar-refractivity contribution in [2.75, 3.05) is 5.43 Å². The number of carbonyl (C=O) groups excluding carboxylic acids is 1. The zero-order valence-corrected chi connectivity index (χ0v) is 16.6. The molecule has 3 nitrogen and oxygen atoms in total. The van der Waals surface area contributed by atoms with Gasteiger partial charge in [-0.05, 0) is 31.0 Å². The molecule has 0 bridgehead atoms. The van der Waals surface area contributed by atoms with Crippen LogP contribution in [0.4, 0.5) is 5.69 Å². The maximum absolute atomic E-state index is 12.0. The van der Waals surface area contributed by atoms with E-state index in [1.54, 1.807) is 12.1 Å². The summed E-state index contributed by atoms with van der Waals surface area (Å²) in [5.74, 6) is -0.152. The van der Waals surface area contributed by atoms with E-state index in [1.165, 1.54) is 32.1 Å². The van der Waals surface area contributed by atoms with Crippen molar-refractivity contribution in [3.05, 3.63) is 27.7 Å². The Morgan fingerprint density at radius 1 is 1.08 bits per heavy atom. The second-order valence-corrected chi connectivity index (χ2v) is 7.09. The molecule has 0 spiro atoms. The maximum Gasteiger partial charge on any atom is 0.194 e. The lowest BCUT2D eigenvalue weighted by Gasteiger charge is -2.08. The smallest absolute Gasteiger partial charge is 0.194 e. The predicted molar refractivity (Wildman–Crippen MR) is 106 cm³/mol. The molecule has 0 radical (unpaired) electrons. The number of benzene rings is 1. The number of rotatable bonds is 11. The van der Waals surface area contributed by atoms with Crippen LogP contribution in [0.3, 0.4) is 0 Å². The number of carbonyl (C=O) groups is 1. The summed E-state index contributed by atoms with van der Waals surface area (Å²) in [5, 5.41) is 4.88. The largest absolute Gasteiger partial charge is 0.291 e. The molecule has 1 aromatic carbocycles. The van der Waals surface area contributed by atoms with Crippen molar-refractivity contribution in [2.24, 2.45) is 5.10 Å². The number of nitrogens with one attached hydrogen (secondary N) is 1. The minimum absolute atomic E-state index is 0.0496. The van der Waals surface area contributed by atoms with Crippen LogP contribution in [0.2, 0.25) is 10.0 Å². The lowest BCUT2D eigenvalue weighted by Crippen LogP contribution is -2.10. The van der Waals surface area contributed by atoms with Gasteiger partial charge in [0.05, 0.1) is 10.7 Å². The van der Waals surface area contributed by atoms with Crippen LogP contribution >= 0.6 is 34.8 Å². The predicted octanol–water partition coefficient (Wildman–Crippen LogP) is 6.98. The van der Waals surface area contributed by atoms with Gasteiger partial charge in [0.25, 0.3) is 0 Å². The van der Waals surface area contributed by atoms with Gasteiger partial charge in [0.1, 0.15) is 0 Å². The molecule has 0 aromatic heterocycles. The molecule has 1 aromatic rings. The molecule has 0 aliphatic heterocycles. The van der Waals surface area contributed by atoms with Crippen molar-refractivity contribution in [1.29, 1.82) is 0 Å². The van der Waals surface area contributed by atoms with Crippen molar-refractivity contribution >= 4 is 51.4 Å². The number of Topliss-reactive ketones (excluding diaryl/α,β-unsaturated/α-hetero) is 1. The highest BCUT2D eigenvalue weighted by Gasteiger charge is 2.10. The Kier molecular flexibility index (Phi) is 10.4. The van der Waals surface area contributed by atoms with E-state index in [2.05, 4.69) is 17.5 Å². The number of ketones is 1. The van der Waals surface area contributed by atoms with Gasteiger partial charge in [-0.15, -0.1) is 0 Å². The lowest BCUT2D eigenvalue weighted by molar-refractivity contribution is -0.112. The molecular weight excluding hydrogens is 367 g/mol. The van der Waals surface area contributed by atoms with Gasteiger partial charge in [0.2, 0.25) is 0 Å². The highest BCUT2D eigenvalue weighted by atomic mass is 35.5. The minimum atomic E-state index is -0.152. The third-order valence-electron chi connectivity index (χ3n) is 3.76. The van der Waals surface area contributed by atoms with Crippen LogP contribution in [0, 0.1) is 6.92 Å². The Labute approximate surface area is 159 Å². The fourth-order valence-corrected chi connectivity index (χ4v) is 3.13. The maximum atomic E-state index is 12.0. The van der Waals surface area contributed by atoms with Crippen molar-refractivity contribution in [3.8, 4) is 0 Å². The van der Waals surface area contributed by atoms with Crippen LogP contribution in [0.5, 0.6) is 0 Å². The minimum Gasteiger partial charge on any atom is -0.291 e. The summed E-state index contributed by atoms with van der Waals surface area (Å²) in [7, 11) is 0. The van der Waals surface area contributed by atoms with Gasteiger partial charge in [-0.1, -0.05) is 80.3 Å².